The maximum Gasteiger partial charge on any atom is 0.266 e. The van der Waals surface area contributed by atoms with Gasteiger partial charge in [-0.2, -0.15) is 5.10 Å². The van der Waals surface area contributed by atoms with E-state index in [4.69, 9.17) is 16.3 Å². The number of benzene rings is 1. The summed E-state index contributed by atoms with van der Waals surface area (Å²) >= 11 is 5.76. The van der Waals surface area contributed by atoms with Crippen LogP contribution in [0.2, 0.25) is 5.02 Å². The summed E-state index contributed by atoms with van der Waals surface area (Å²) in [7, 11) is -2.57. The third kappa shape index (κ3) is 3.72. The Morgan fingerprint density at radius 2 is 2.24 bits per heavy atom. The Morgan fingerprint density at radius 1 is 1.48 bits per heavy atom. The van der Waals surface area contributed by atoms with Gasteiger partial charge in [-0.3, -0.25) is 9.40 Å². The standard InChI is InChI=1S/C12H13ClFN3O3S/c1-20-6-5-17-8-9(7-15-17)16-21(18,19)12-10(13)3-2-4-11(12)14/h2-4,7-8,16H,5-6H2,1H3. The van der Waals surface area contributed by atoms with Crippen LogP contribution in [0, 0.1) is 5.82 Å². The fourth-order valence-corrected chi connectivity index (χ4v) is 3.30. The van der Waals surface area contributed by atoms with Crippen LogP contribution in [0.5, 0.6) is 0 Å². The molecule has 0 atom stereocenters. The van der Waals surface area contributed by atoms with Crippen molar-refractivity contribution in [2.24, 2.45) is 0 Å². The number of methoxy groups -OCH3 is 1. The molecular formula is C12H13ClFN3O3S. The van der Waals surface area contributed by atoms with Gasteiger partial charge in [-0.1, -0.05) is 17.7 Å². The van der Waals surface area contributed by atoms with E-state index in [0.29, 0.717) is 13.2 Å². The van der Waals surface area contributed by atoms with Crippen LogP contribution in [0.4, 0.5) is 10.1 Å². The highest BCUT2D eigenvalue weighted by Crippen LogP contribution is 2.26. The molecule has 9 heteroatoms. The Balaban J connectivity index is 2.23. The lowest BCUT2D eigenvalue weighted by molar-refractivity contribution is 0.183. The van der Waals surface area contributed by atoms with Crippen molar-refractivity contribution in [3.63, 3.8) is 0 Å². The maximum atomic E-state index is 13.7. The fraction of sp³-hybridized carbons (Fsp3) is 0.250. The van der Waals surface area contributed by atoms with Crippen LogP contribution in [-0.2, 0) is 21.3 Å². The Kier molecular flexibility index (Phi) is 4.81. The molecule has 0 radical (unpaired) electrons. The number of aromatic nitrogens is 2. The minimum atomic E-state index is -4.12. The normalized spacial score (nSPS) is 11.6. The van der Waals surface area contributed by atoms with Gasteiger partial charge in [0.15, 0.2) is 0 Å². The molecule has 1 heterocycles. The van der Waals surface area contributed by atoms with E-state index in [-0.39, 0.29) is 10.7 Å². The van der Waals surface area contributed by atoms with E-state index >= 15 is 0 Å². The first-order valence-corrected chi connectivity index (χ1v) is 7.78. The highest BCUT2D eigenvalue weighted by atomic mass is 35.5. The molecule has 0 aliphatic rings. The molecule has 6 nitrogen and oxygen atoms in total. The highest BCUT2D eigenvalue weighted by Gasteiger charge is 2.23. The van der Waals surface area contributed by atoms with Gasteiger partial charge >= 0.3 is 0 Å². The van der Waals surface area contributed by atoms with E-state index in [0.717, 1.165) is 6.07 Å². The van der Waals surface area contributed by atoms with Crippen LogP contribution < -0.4 is 4.72 Å². The van der Waals surface area contributed by atoms with Gasteiger partial charge in [0, 0.05) is 13.3 Å². The molecule has 1 N–H and O–H groups in total. The van der Waals surface area contributed by atoms with Crippen molar-refractivity contribution in [2.45, 2.75) is 11.4 Å². The molecular weight excluding hydrogens is 321 g/mol. The zero-order valence-corrected chi connectivity index (χ0v) is 12.7. The van der Waals surface area contributed by atoms with Gasteiger partial charge in [0.05, 0.1) is 30.1 Å². The zero-order valence-electron chi connectivity index (χ0n) is 11.1. The second-order valence-electron chi connectivity index (χ2n) is 4.14. The van der Waals surface area contributed by atoms with Crippen molar-refractivity contribution in [2.75, 3.05) is 18.4 Å². The van der Waals surface area contributed by atoms with Crippen LogP contribution in [0.15, 0.2) is 35.5 Å². The van der Waals surface area contributed by atoms with Crippen LogP contribution in [-0.4, -0.2) is 31.9 Å². The summed E-state index contributed by atoms with van der Waals surface area (Å²) < 4.78 is 46.6. The molecule has 21 heavy (non-hydrogen) atoms. The number of hydrogen-bond donors (Lipinski definition) is 1. The predicted octanol–water partition coefficient (Wildman–Crippen LogP) is 2.12. The lowest BCUT2D eigenvalue weighted by atomic mass is 10.3. The van der Waals surface area contributed by atoms with Crippen molar-refractivity contribution in [1.29, 1.82) is 0 Å². The molecule has 0 unspecified atom stereocenters. The first-order chi connectivity index (χ1) is 9.94. The van der Waals surface area contributed by atoms with Crippen LogP contribution in [0.25, 0.3) is 0 Å². The summed E-state index contributed by atoms with van der Waals surface area (Å²) in [5.41, 5.74) is 0.213. The Bertz CT molecular complexity index is 713. The highest BCUT2D eigenvalue weighted by molar-refractivity contribution is 7.92. The molecule has 0 spiro atoms. The van der Waals surface area contributed by atoms with Crippen LogP contribution in [0.3, 0.4) is 0 Å². The minimum Gasteiger partial charge on any atom is -0.383 e. The van der Waals surface area contributed by atoms with E-state index < -0.39 is 20.7 Å². The number of rotatable bonds is 6. The SMILES string of the molecule is COCCn1cc(NS(=O)(=O)c2c(F)cccc2Cl)cn1. The largest absolute Gasteiger partial charge is 0.383 e. The zero-order chi connectivity index (χ0) is 15.5. The number of ether oxygens (including phenoxy) is 1. The Morgan fingerprint density at radius 3 is 2.90 bits per heavy atom. The molecule has 0 bridgehead atoms. The third-order valence-electron chi connectivity index (χ3n) is 2.60. The molecule has 0 aliphatic carbocycles. The lowest BCUT2D eigenvalue weighted by Crippen LogP contribution is -2.15. The summed E-state index contributed by atoms with van der Waals surface area (Å²) in [6.07, 6.45) is 2.80. The molecule has 114 valence electrons. The number of anilines is 1. The van der Waals surface area contributed by atoms with E-state index in [1.807, 2.05) is 0 Å². The van der Waals surface area contributed by atoms with Crippen LogP contribution >= 0.6 is 11.6 Å². The third-order valence-corrected chi connectivity index (χ3v) is 4.48. The van der Waals surface area contributed by atoms with Gasteiger partial charge in [-0.15, -0.1) is 0 Å². The van der Waals surface area contributed by atoms with Gasteiger partial charge in [-0.25, -0.2) is 12.8 Å². The number of hydrogen-bond acceptors (Lipinski definition) is 4. The van der Waals surface area contributed by atoms with Crippen molar-refractivity contribution in [3.8, 4) is 0 Å². The average molecular weight is 334 g/mol. The topological polar surface area (TPSA) is 73.2 Å². The van der Waals surface area contributed by atoms with E-state index in [1.165, 1.54) is 29.2 Å². The average Bonchev–Trinajstić information content (AvgIpc) is 2.82. The van der Waals surface area contributed by atoms with Crippen molar-refractivity contribution in [1.82, 2.24) is 9.78 Å². The van der Waals surface area contributed by atoms with Gasteiger partial charge in [0.2, 0.25) is 0 Å². The summed E-state index contributed by atoms with van der Waals surface area (Å²) in [6.45, 7) is 0.908. The Hall–Kier alpha value is -1.64. The molecule has 0 saturated carbocycles. The summed E-state index contributed by atoms with van der Waals surface area (Å²) in [5.74, 6) is -0.915. The first kappa shape index (κ1) is 15.7. The molecule has 0 fully saturated rings. The van der Waals surface area contributed by atoms with Crippen molar-refractivity contribution in [3.05, 3.63) is 41.4 Å². The lowest BCUT2D eigenvalue weighted by Gasteiger charge is -2.08. The summed E-state index contributed by atoms with van der Waals surface area (Å²) in [6, 6.07) is 3.67. The van der Waals surface area contributed by atoms with E-state index in [1.54, 1.807) is 7.11 Å². The molecule has 1 aromatic carbocycles. The smallest absolute Gasteiger partial charge is 0.266 e. The molecule has 0 saturated heterocycles. The molecule has 2 rings (SSSR count). The van der Waals surface area contributed by atoms with Crippen molar-refractivity contribution < 1.29 is 17.5 Å². The predicted molar refractivity (Wildman–Crippen MR) is 76.3 cm³/mol. The molecule has 2 aromatic rings. The van der Waals surface area contributed by atoms with Gasteiger partial charge in [0.25, 0.3) is 10.0 Å². The number of halogens is 2. The second kappa shape index (κ2) is 6.42. The van der Waals surface area contributed by atoms with Gasteiger partial charge in [-0.05, 0) is 12.1 Å². The molecule has 0 aliphatic heterocycles. The van der Waals surface area contributed by atoms with Crippen molar-refractivity contribution >= 4 is 27.3 Å². The number of nitrogens with one attached hydrogen (secondary N) is 1. The molecule has 1 aromatic heterocycles. The second-order valence-corrected chi connectivity index (χ2v) is 6.17. The van der Waals surface area contributed by atoms with Gasteiger partial charge < -0.3 is 4.74 Å². The van der Waals surface area contributed by atoms with E-state index in [2.05, 4.69) is 9.82 Å². The van der Waals surface area contributed by atoms with E-state index in [9.17, 15) is 12.8 Å². The summed E-state index contributed by atoms with van der Waals surface area (Å²) in [5, 5.41) is 3.77. The number of nitrogens with zero attached hydrogens (tertiary/aromatic N) is 2. The first-order valence-electron chi connectivity index (χ1n) is 5.92. The Labute approximate surface area is 126 Å². The number of sulfonamides is 1. The quantitative estimate of drug-likeness (QED) is 0.878. The molecule has 0 amide bonds. The van der Waals surface area contributed by atoms with Gasteiger partial charge in [0.1, 0.15) is 10.7 Å². The minimum absolute atomic E-state index is 0.186. The van der Waals surface area contributed by atoms with Crippen LogP contribution in [0.1, 0.15) is 0 Å². The monoisotopic (exact) mass is 333 g/mol. The maximum absolute atomic E-state index is 13.7. The fourth-order valence-electron chi connectivity index (χ4n) is 1.67. The summed E-state index contributed by atoms with van der Waals surface area (Å²) in [4.78, 5) is -0.587.